The maximum absolute atomic E-state index is 13.5. The van der Waals surface area contributed by atoms with Crippen LogP contribution in [0.2, 0.25) is 0 Å². The third kappa shape index (κ3) is 3.46. The van der Waals surface area contributed by atoms with Gasteiger partial charge in [-0.15, -0.1) is 0 Å². The highest BCUT2D eigenvalue weighted by atomic mass is 16.5. The molecular formula is C25H26N2O9. The fraction of sp³-hybridized carbons (Fsp3) is 0.440. The quantitative estimate of drug-likeness (QED) is 0.278. The number of phenolic OH excluding ortho intramolecular Hbond substituents is 1. The lowest BCUT2D eigenvalue weighted by Crippen LogP contribution is -2.58. The molecule has 4 aliphatic rings. The van der Waals surface area contributed by atoms with Gasteiger partial charge in [-0.1, -0.05) is 0 Å². The number of Topliss-reactive ketones (excluding diaryl/α,β-unsaturated/α-hetero) is 3. The molecule has 11 heteroatoms. The maximum Gasteiger partial charge on any atom is 0.255 e. The number of nitrogens with two attached hydrogens (primary N) is 1. The van der Waals surface area contributed by atoms with Gasteiger partial charge in [0.25, 0.3) is 5.91 Å². The molecule has 0 bridgehead atoms. The van der Waals surface area contributed by atoms with Crippen LogP contribution in [0.3, 0.4) is 0 Å². The topological polar surface area (TPSA) is 188 Å². The second-order valence-corrected chi connectivity index (χ2v) is 9.70. The number of nitrogens with zero attached hydrogens (tertiary/aromatic N) is 1. The van der Waals surface area contributed by atoms with Crippen molar-refractivity contribution in [1.82, 2.24) is 4.90 Å². The molecule has 190 valence electrons. The number of fused-ring (bicyclic) bond motifs is 3. The zero-order valence-electron chi connectivity index (χ0n) is 19.3. The van der Waals surface area contributed by atoms with E-state index in [0.29, 0.717) is 37.4 Å². The lowest BCUT2D eigenvalue weighted by Gasteiger charge is -2.46. The first-order chi connectivity index (χ1) is 17.1. The van der Waals surface area contributed by atoms with Crippen molar-refractivity contribution in [3.8, 4) is 5.75 Å². The van der Waals surface area contributed by atoms with E-state index in [1.54, 1.807) is 0 Å². The van der Waals surface area contributed by atoms with Gasteiger partial charge in [-0.3, -0.25) is 24.1 Å². The SMILES string of the molecule is NC(=O)C1=C(O)[C@@]2(O)C(=O)C3=C(O)c4c(O)ccc(C(=O)CN5CCOCC5)c4C[C@H]3C[C@H]2CC1=O. The fourth-order valence-corrected chi connectivity index (χ4v) is 5.93. The molecule has 1 saturated carbocycles. The minimum absolute atomic E-state index is 0.00959. The molecule has 0 spiro atoms. The smallest absolute Gasteiger partial charge is 0.255 e. The number of carbonyl (C=O) groups is 4. The van der Waals surface area contributed by atoms with Crippen LogP contribution < -0.4 is 5.73 Å². The van der Waals surface area contributed by atoms with E-state index in [-0.39, 0.29) is 42.1 Å². The van der Waals surface area contributed by atoms with Gasteiger partial charge in [0.1, 0.15) is 22.8 Å². The molecule has 3 atom stereocenters. The van der Waals surface area contributed by atoms with Crippen LogP contribution in [0.4, 0.5) is 0 Å². The Bertz CT molecular complexity index is 1270. The molecule has 5 rings (SSSR count). The normalized spacial score (nSPS) is 28.5. The summed E-state index contributed by atoms with van der Waals surface area (Å²) in [5, 5.41) is 43.6. The van der Waals surface area contributed by atoms with E-state index in [0.717, 1.165) is 0 Å². The molecule has 6 N–H and O–H groups in total. The lowest BCUT2D eigenvalue weighted by atomic mass is 9.59. The molecule has 36 heavy (non-hydrogen) atoms. The van der Waals surface area contributed by atoms with Crippen LogP contribution in [-0.2, 0) is 25.5 Å². The van der Waals surface area contributed by atoms with E-state index in [9.17, 15) is 39.6 Å². The number of morpholine rings is 1. The zero-order valence-corrected chi connectivity index (χ0v) is 19.3. The van der Waals surface area contributed by atoms with Crippen LogP contribution in [0.1, 0.15) is 34.3 Å². The molecule has 1 heterocycles. The Labute approximate surface area is 205 Å². The minimum atomic E-state index is -2.62. The number of ether oxygens (including phenoxy) is 1. The Morgan fingerprint density at radius 1 is 1.11 bits per heavy atom. The molecule has 0 unspecified atom stereocenters. The number of carbonyl (C=O) groups excluding carboxylic acids is 4. The summed E-state index contributed by atoms with van der Waals surface area (Å²) >= 11 is 0. The number of aromatic hydroxyl groups is 1. The number of primary amides is 1. The van der Waals surface area contributed by atoms with Gasteiger partial charge in [-0.25, -0.2) is 0 Å². The maximum atomic E-state index is 13.5. The van der Waals surface area contributed by atoms with Crippen LogP contribution in [0.5, 0.6) is 5.75 Å². The monoisotopic (exact) mass is 498 g/mol. The average Bonchev–Trinajstić information content (AvgIpc) is 2.82. The van der Waals surface area contributed by atoms with E-state index in [2.05, 4.69) is 0 Å². The highest BCUT2D eigenvalue weighted by Crippen LogP contribution is 2.52. The predicted molar refractivity (Wildman–Crippen MR) is 123 cm³/mol. The van der Waals surface area contributed by atoms with Gasteiger partial charge < -0.3 is 30.9 Å². The second-order valence-electron chi connectivity index (χ2n) is 9.70. The van der Waals surface area contributed by atoms with Crippen molar-refractivity contribution in [1.29, 1.82) is 0 Å². The van der Waals surface area contributed by atoms with Crippen molar-refractivity contribution in [2.24, 2.45) is 17.6 Å². The van der Waals surface area contributed by atoms with Crippen LogP contribution in [-0.4, -0.2) is 87.0 Å². The Kier molecular flexibility index (Phi) is 5.73. The molecular weight excluding hydrogens is 472 g/mol. The summed E-state index contributed by atoms with van der Waals surface area (Å²) < 4.78 is 5.31. The first-order valence-electron chi connectivity index (χ1n) is 11.7. The van der Waals surface area contributed by atoms with Gasteiger partial charge in [0.15, 0.2) is 17.2 Å². The second kappa shape index (κ2) is 8.54. The number of phenols is 1. The standard InChI is InChI=1S/C25H26N2O9/c26-24(34)20-16(29)9-12-7-11-8-14-13(17(30)10-27-3-5-36-6-4-27)1-2-15(28)19(14)21(31)18(11)22(32)25(12,35)23(20)33/h1-2,11-12,28,31,33,35H,3-10H2,(H2,26,34)/t11-,12+,25+/m1/s1. The third-order valence-electron chi connectivity index (χ3n) is 7.72. The predicted octanol–water partition coefficient (Wildman–Crippen LogP) is -0.0612. The van der Waals surface area contributed by atoms with Gasteiger partial charge in [-0.2, -0.15) is 0 Å². The number of rotatable bonds is 4. The van der Waals surface area contributed by atoms with Gasteiger partial charge in [0, 0.05) is 36.6 Å². The van der Waals surface area contributed by atoms with Crippen LogP contribution in [0.15, 0.2) is 29.0 Å². The van der Waals surface area contributed by atoms with Crippen LogP contribution in [0, 0.1) is 11.8 Å². The number of ketones is 3. The van der Waals surface area contributed by atoms with Gasteiger partial charge in [-0.05, 0) is 36.5 Å². The molecule has 0 aromatic heterocycles. The van der Waals surface area contributed by atoms with Crippen molar-refractivity contribution in [2.45, 2.75) is 24.9 Å². The van der Waals surface area contributed by atoms with E-state index in [1.807, 2.05) is 4.90 Å². The molecule has 0 radical (unpaired) electrons. The molecule has 1 aliphatic heterocycles. The largest absolute Gasteiger partial charge is 0.508 e. The van der Waals surface area contributed by atoms with E-state index in [4.69, 9.17) is 10.5 Å². The van der Waals surface area contributed by atoms with Gasteiger partial charge in [0.2, 0.25) is 5.78 Å². The number of benzene rings is 1. The Balaban J connectivity index is 1.59. The summed E-state index contributed by atoms with van der Waals surface area (Å²) in [6, 6.07) is 2.74. The minimum Gasteiger partial charge on any atom is -0.508 e. The van der Waals surface area contributed by atoms with Crippen molar-refractivity contribution >= 4 is 29.0 Å². The van der Waals surface area contributed by atoms with Crippen LogP contribution in [0.25, 0.3) is 5.76 Å². The number of hydrogen-bond acceptors (Lipinski definition) is 10. The zero-order chi connectivity index (χ0) is 25.9. The molecule has 1 saturated heterocycles. The Morgan fingerprint density at radius 2 is 1.81 bits per heavy atom. The van der Waals surface area contributed by atoms with Crippen molar-refractivity contribution in [3.63, 3.8) is 0 Å². The molecule has 1 aromatic carbocycles. The molecule has 11 nitrogen and oxygen atoms in total. The van der Waals surface area contributed by atoms with Crippen LogP contribution >= 0.6 is 0 Å². The first kappa shape index (κ1) is 24.2. The van der Waals surface area contributed by atoms with Crippen molar-refractivity contribution < 1.29 is 44.3 Å². The van der Waals surface area contributed by atoms with Gasteiger partial charge in [0.05, 0.1) is 25.3 Å². The first-order valence-corrected chi connectivity index (χ1v) is 11.7. The molecule has 1 amide bonds. The number of aliphatic hydroxyl groups is 3. The number of aliphatic hydroxyl groups excluding tert-OH is 2. The number of hydrogen-bond donors (Lipinski definition) is 5. The van der Waals surface area contributed by atoms with E-state index < -0.39 is 58.4 Å². The van der Waals surface area contributed by atoms with Gasteiger partial charge >= 0.3 is 0 Å². The molecule has 1 aromatic rings. The summed E-state index contributed by atoms with van der Waals surface area (Å²) in [5.41, 5.74) is 2.08. The Hall–Kier alpha value is -3.54. The molecule has 3 aliphatic carbocycles. The summed E-state index contributed by atoms with van der Waals surface area (Å²) in [6.45, 7) is 2.33. The summed E-state index contributed by atoms with van der Waals surface area (Å²) in [4.78, 5) is 52.8. The molecule has 2 fully saturated rings. The third-order valence-corrected chi connectivity index (χ3v) is 7.72. The lowest BCUT2D eigenvalue weighted by molar-refractivity contribution is -0.147. The highest BCUT2D eigenvalue weighted by molar-refractivity contribution is 6.22. The van der Waals surface area contributed by atoms with E-state index >= 15 is 0 Å². The summed E-state index contributed by atoms with van der Waals surface area (Å²) in [5.74, 6) is -7.18. The average molecular weight is 498 g/mol. The Morgan fingerprint density at radius 3 is 2.47 bits per heavy atom. The van der Waals surface area contributed by atoms with Crippen molar-refractivity contribution in [3.05, 3.63) is 45.7 Å². The van der Waals surface area contributed by atoms with Crippen molar-refractivity contribution in [2.75, 3.05) is 32.8 Å². The highest BCUT2D eigenvalue weighted by Gasteiger charge is 2.60. The number of amides is 1. The summed E-state index contributed by atoms with van der Waals surface area (Å²) in [6.07, 6.45) is -0.298. The fourth-order valence-electron chi connectivity index (χ4n) is 5.93. The summed E-state index contributed by atoms with van der Waals surface area (Å²) in [7, 11) is 0. The van der Waals surface area contributed by atoms with E-state index in [1.165, 1.54) is 12.1 Å².